The molecule has 1 unspecified atom stereocenters. The quantitative estimate of drug-likeness (QED) is 0.638. The summed E-state index contributed by atoms with van der Waals surface area (Å²) < 4.78 is 27.0. The van der Waals surface area contributed by atoms with Gasteiger partial charge in [-0.1, -0.05) is 0 Å². The molecule has 0 radical (unpaired) electrons. The molecule has 26 heavy (non-hydrogen) atoms. The minimum atomic E-state index is -3.78. The normalized spacial score (nSPS) is 22.1. The van der Waals surface area contributed by atoms with Gasteiger partial charge in [0.25, 0.3) is 0 Å². The molecule has 3 amide bonds. The Morgan fingerprint density at radius 2 is 1.69 bits per heavy atom. The number of piperidine rings is 1. The first kappa shape index (κ1) is 18.3. The minimum Gasteiger partial charge on any atom is -0.369 e. The first-order valence-corrected chi connectivity index (χ1v) is 9.69. The number of carbonyl (C=O) groups excluding carboxylic acids is 3. The van der Waals surface area contributed by atoms with E-state index in [9.17, 15) is 22.8 Å². The average molecular weight is 380 g/mol. The van der Waals surface area contributed by atoms with Crippen molar-refractivity contribution in [3.05, 3.63) is 18.2 Å². The lowest BCUT2D eigenvalue weighted by Crippen LogP contribution is -2.41. The fraction of sp³-hybridized carbons (Fsp3) is 0.438. The van der Waals surface area contributed by atoms with E-state index in [-0.39, 0.29) is 29.6 Å². The van der Waals surface area contributed by atoms with Crippen molar-refractivity contribution < 1.29 is 22.8 Å². The standard InChI is InChI=1S/C16H20N4O5S/c1-9-15(22)18-12-3-2-11(8-13(12)19-16(9)23)26(24,25)20-6-4-10(5-7-20)14(17)21/h2-3,8-10H,4-7H2,1H3,(H2,17,21)(H,18,22)(H,19,23). The lowest BCUT2D eigenvalue weighted by atomic mass is 9.98. The van der Waals surface area contributed by atoms with Crippen LogP contribution in [0.4, 0.5) is 11.4 Å². The van der Waals surface area contributed by atoms with Gasteiger partial charge in [-0.2, -0.15) is 4.31 Å². The average Bonchev–Trinajstić information content (AvgIpc) is 2.71. The Balaban J connectivity index is 1.86. The van der Waals surface area contributed by atoms with Crippen LogP contribution in [0.15, 0.2) is 23.1 Å². The summed E-state index contributed by atoms with van der Waals surface area (Å²) in [5.41, 5.74) is 5.86. The minimum absolute atomic E-state index is 0.0119. The summed E-state index contributed by atoms with van der Waals surface area (Å²) >= 11 is 0. The van der Waals surface area contributed by atoms with Crippen LogP contribution in [0.1, 0.15) is 19.8 Å². The van der Waals surface area contributed by atoms with Crippen molar-refractivity contribution >= 4 is 39.1 Å². The summed E-state index contributed by atoms with van der Waals surface area (Å²) in [5.74, 6) is -2.57. The highest BCUT2D eigenvalue weighted by Gasteiger charge is 2.33. The molecular formula is C16H20N4O5S. The Morgan fingerprint density at radius 1 is 1.12 bits per heavy atom. The van der Waals surface area contributed by atoms with Crippen LogP contribution in [0.2, 0.25) is 0 Å². The van der Waals surface area contributed by atoms with Gasteiger partial charge in [0.15, 0.2) is 0 Å². The molecule has 140 valence electrons. The first-order chi connectivity index (χ1) is 12.2. The molecule has 1 aromatic rings. The molecule has 0 aliphatic carbocycles. The number of rotatable bonds is 3. The van der Waals surface area contributed by atoms with E-state index in [4.69, 9.17) is 5.73 Å². The Hall–Kier alpha value is -2.46. The van der Waals surface area contributed by atoms with Gasteiger partial charge >= 0.3 is 0 Å². The Kier molecular flexibility index (Phi) is 4.72. The predicted octanol–water partition coefficient (Wildman–Crippen LogP) is 0.0993. The van der Waals surface area contributed by atoms with Crippen LogP contribution in [-0.2, 0) is 24.4 Å². The van der Waals surface area contributed by atoms with Gasteiger partial charge in [0.1, 0.15) is 5.92 Å². The van der Waals surface area contributed by atoms with Crippen LogP contribution >= 0.6 is 0 Å². The number of amides is 3. The zero-order valence-electron chi connectivity index (χ0n) is 14.2. The van der Waals surface area contributed by atoms with Crippen molar-refractivity contribution in [1.82, 2.24) is 4.31 Å². The van der Waals surface area contributed by atoms with Crippen molar-refractivity contribution in [3.63, 3.8) is 0 Å². The predicted molar refractivity (Wildman–Crippen MR) is 93.5 cm³/mol. The summed E-state index contributed by atoms with van der Waals surface area (Å²) in [7, 11) is -3.78. The number of nitrogens with one attached hydrogen (secondary N) is 2. The third-order valence-electron chi connectivity index (χ3n) is 4.79. The number of sulfonamides is 1. The number of benzene rings is 1. The van der Waals surface area contributed by atoms with E-state index in [1.807, 2.05) is 0 Å². The number of nitrogens with zero attached hydrogens (tertiary/aromatic N) is 1. The summed E-state index contributed by atoms with van der Waals surface area (Å²) in [5, 5.41) is 5.17. The van der Waals surface area contributed by atoms with Gasteiger partial charge < -0.3 is 16.4 Å². The lowest BCUT2D eigenvalue weighted by molar-refractivity contribution is -0.128. The molecule has 1 aromatic carbocycles. The second-order valence-electron chi connectivity index (χ2n) is 6.49. The number of anilines is 2. The van der Waals surface area contributed by atoms with Crippen molar-refractivity contribution in [3.8, 4) is 0 Å². The van der Waals surface area contributed by atoms with Gasteiger partial charge in [0, 0.05) is 19.0 Å². The van der Waals surface area contributed by atoms with Crippen LogP contribution in [0.3, 0.4) is 0 Å². The molecule has 2 aliphatic heterocycles. The van der Waals surface area contributed by atoms with Gasteiger partial charge in [-0.05, 0) is 38.0 Å². The maximum Gasteiger partial charge on any atom is 0.243 e. The third-order valence-corrected chi connectivity index (χ3v) is 6.68. The van der Waals surface area contributed by atoms with Crippen LogP contribution in [0, 0.1) is 11.8 Å². The molecule has 4 N–H and O–H groups in total. The number of primary amides is 1. The van der Waals surface area contributed by atoms with Crippen LogP contribution in [-0.4, -0.2) is 43.5 Å². The molecule has 0 bridgehead atoms. The molecule has 1 fully saturated rings. The summed E-state index contributed by atoms with van der Waals surface area (Å²) in [6, 6.07) is 4.17. The highest BCUT2D eigenvalue weighted by molar-refractivity contribution is 7.89. The zero-order valence-corrected chi connectivity index (χ0v) is 15.0. The maximum absolute atomic E-state index is 12.9. The van der Waals surface area contributed by atoms with Crippen molar-refractivity contribution in [1.29, 1.82) is 0 Å². The van der Waals surface area contributed by atoms with Gasteiger partial charge in [-0.3, -0.25) is 14.4 Å². The van der Waals surface area contributed by atoms with E-state index in [1.54, 1.807) is 0 Å². The molecular weight excluding hydrogens is 360 g/mol. The molecule has 1 atom stereocenters. The molecule has 2 aliphatic rings. The van der Waals surface area contributed by atoms with Crippen molar-refractivity contribution in [2.45, 2.75) is 24.7 Å². The van der Waals surface area contributed by atoms with Gasteiger partial charge in [0.05, 0.1) is 16.3 Å². The van der Waals surface area contributed by atoms with Crippen LogP contribution in [0.25, 0.3) is 0 Å². The monoisotopic (exact) mass is 380 g/mol. The van der Waals surface area contributed by atoms with E-state index in [2.05, 4.69) is 10.6 Å². The Morgan fingerprint density at radius 3 is 2.27 bits per heavy atom. The van der Waals surface area contributed by atoms with Gasteiger partial charge in [0.2, 0.25) is 27.7 Å². The summed E-state index contributed by atoms with van der Waals surface area (Å²) in [6.45, 7) is 1.87. The van der Waals surface area contributed by atoms with E-state index in [0.29, 0.717) is 18.5 Å². The highest BCUT2D eigenvalue weighted by atomic mass is 32.2. The molecule has 2 heterocycles. The van der Waals surface area contributed by atoms with Gasteiger partial charge in [-0.15, -0.1) is 0 Å². The number of fused-ring (bicyclic) bond motifs is 1. The summed E-state index contributed by atoms with van der Waals surface area (Å²) in [4.78, 5) is 35.1. The van der Waals surface area contributed by atoms with Crippen LogP contribution < -0.4 is 16.4 Å². The number of hydrogen-bond donors (Lipinski definition) is 3. The van der Waals surface area contributed by atoms with Crippen molar-refractivity contribution in [2.24, 2.45) is 17.6 Å². The van der Waals surface area contributed by atoms with E-state index >= 15 is 0 Å². The molecule has 0 saturated carbocycles. The lowest BCUT2D eigenvalue weighted by Gasteiger charge is -2.29. The number of hydrogen-bond acceptors (Lipinski definition) is 5. The van der Waals surface area contributed by atoms with Gasteiger partial charge in [-0.25, -0.2) is 8.42 Å². The smallest absolute Gasteiger partial charge is 0.243 e. The second kappa shape index (κ2) is 6.69. The van der Waals surface area contributed by atoms with E-state index in [0.717, 1.165) is 0 Å². The Labute approximate surface area is 151 Å². The number of nitrogens with two attached hydrogens (primary N) is 1. The molecule has 0 aromatic heterocycles. The molecule has 1 saturated heterocycles. The van der Waals surface area contributed by atoms with Crippen LogP contribution in [0.5, 0.6) is 0 Å². The largest absolute Gasteiger partial charge is 0.369 e. The maximum atomic E-state index is 12.9. The third kappa shape index (κ3) is 3.29. The van der Waals surface area contributed by atoms with Crippen molar-refractivity contribution in [2.75, 3.05) is 23.7 Å². The fourth-order valence-electron chi connectivity index (χ4n) is 3.03. The molecule has 0 spiro atoms. The van der Waals surface area contributed by atoms with E-state index in [1.165, 1.54) is 29.4 Å². The topological polar surface area (TPSA) is 139 Å². The highest BCUT2D eigenvalue weighted by Crippen LogP contribution is 2.31. The zero-order chi connectivity index (χ0) is 19.1. The molecule has 10 heteroatoms. The Bertz CT molecular complexity index is 875. The van der Waals surface area contributed by atoms with E-state index < -0.39 is 33.7 Å². The first-order valence-electron chi connectivity index (χ1n) is 8.25. The fourth-order valence-corrected chi connectivity index (χ4v) is 4.52. The number of carbonyl (C=O) groups is 3. The molecule has 9 nitrogen and oxygen atoms in total. The SMILES string of the molecule is CC1C(=O)Nc2ccc(S(=O)(=O)N3CCC(C(N)=O)CC3)cc2NC1=O. The molecule has 3 rings (SSSR count). The second-order valence-corrected chi connectivity index (χ2v) is 8.43. The summed E-state index contributed by atoms with van der Waals surface area (Å²) in [6.07, 6.45) is 0.758.